The van der Waals surface area contributed by atoms with Crippen LogP contribution in [0.25, 0.3) is 0 Å². The number of rotatable bonds is 5. The molecule has 3 aromatic rings. The topological polar surface area (TPSA) is 37.3 Å². The first kappa shape index (κ1) is 20.1. The Bertz CT molecular complexity index is 934. The maximum Gasteiger partial charge on any atom is 0.189 e. The summed E-state index contributed by atoms with van der Waals surface area (Å²) in [7, 11) is -3.72. The Morgan fingerprint density at radius 1 is 0.828 bits per heavy atom. The summed E-state index contributed by atoms with van der Waals surface area (Å²) in [5, 5.41) is 12.7. The number of alkyl halides is 1. The molecular weight excluding hydrogens is 382 g/mol. The number of aliphatic hydroxyl groups is 1. The highest BCUT2D eigenvalue weighted by Crippen LogP contribution is 2.59. The van der Waals surface area contributed by atoms with Crippen molar-refractivity contribution < 1.29 is 14.1 Å². The van der Waals surface area contributed by atoms with Crippen LogP contribution in [0.4, 0.5) is 4.39 Å². The first-order chi connectivity index (χ1) is 14.1. The van der Waals surface area contributed by atoms with Crippen molar-refractivity contribution in [1.82, 2.24) is 0 Å². The van der Waals surface area contributed by atoms with Crippen molar-refractivity contribution in [1.29, 1.82) is 0 Å². The van der Waals surface area contributed by atoms with E-state index in [0.29, 0.717) is 23.5 Å². The molecule has 0 unspecified atom stereocenters. The molecule has 29 heavy (non-hydrogen) atoms. The molecule has 0 bridgehead atoms. The van der Waals surface area contributed by atoms with Gasteiger partial charge in [-0.05, 0) is 18.4 Å². The molecule has 0 aliphatic heterocycles. The maximum atomic E-state index is 16.5. The van der Waals surface area contributed by atoms with Crippen LogP contribution < -0.4 is 10.6 Å². The van der Waals surface area contributed by atoms with Gasteiger partial charge in [0.2, 0.25) is 0 Å². The van der Waals surface area contributed by atoms with E-state index in [9.17, 15) is 9.67 Å². The molecule has 1 fully saturated rings. The van der Waals surface area contributed by atoms with Crippen LogP contribution in [0.2, 0.25) is 0 Å². The Hall–Kier alpha value is -2.22. The minimum atomic E-state index is -3.72. The van der Waals surface area contributed by atoms with Crippen molar-refractivity contribution in [2.75, 3.05) is 0 Å². The monoisotopic (exact) mass is 408 g/mol. The van der Waals surface area contributed by atoms with E-state index in [2.05, 4.69) is 0 Å². The van der Waals surface area contributed by atoms with Crippen LogP contribution in [0.15, 0.2) is 91.0 Å². The molecule has 1 saturated carbocycles. The van der Waals surface area contributed by atoms with Crippen molar-refractivity contribution in [3.05, 3.63) is 96.6 Å². The van der Waals surface area contributed by atoms with Crippen LogP contribution in [0.3, 0.4) is 0 Å². The van der Waals surface area contributed by atoms with Gasteiger partial charge in [-0.15, -0.1) is 0 Å². The molecule has 3 atom stereocenters. The normalized spacial score (nSPS) is 23.4. The Morgan fingerprint density at radius 3 is 1.83 bits per heavy atom. The lowest BCUT2D eigenvalue weighted by Crippen LogP contribution is -2.49. The third-order valence-corrected chi connectivity index (χ3v) is 9.35. The summed E-state index contributed by atoms with van der Waals surface area (Å²) in [6.45, 7) is 0. The Balaban J connectivity index is 1.85. The van der Waals surface area contributed by atoms with Gasteiger partial charge >= 0.3 is 0 Å². The van der Waals surface area contributed by atoms with Crippen molar-refractivity contribution in [2.45, 2.75) is 43.1 Å². The number of hydrogen-bond donors (Lipinski definition) is 1. The Kier molecular flexibility index (Phi) is 5.72. The lowest BCUT2D eigenvalue weighted by molar-refractivity contribution is -0.0519. The zero-order valence-corrected chi connectivity index (χ0v) is 17.2. The number of benzene rings is 3. The molecule has 0 radical (unpaired) electrons. The third kappa shape index (κ3) is 3.58. The molecule has 3 aromatic carbocycles. The molecule has 0 spiro atoms. The average molecular weight is 408 g/mol. The number of halogens is 1. The van der Waals surface area contributed by atoms with Crippen molar-refractivity contribution in [2.24, 2.45) is 0 Å². The van der Waals surface area contributed by atoms with Crippen LogP contribution >= 0.6 is 7.14 Å². The van der Waals surface area contributed by atoms with Crippen LogP contribution in [0.1, 0.15) is 37.2 Å². The highest BCUT2D eigenvalue weighted by molar-refractivity contribution is 7.79. The fraction of sp³-hybridized carbons (Fsp3) is 0.280. The number of hydrogen-bond acceptors (Lipinski definition) is 2. The Morgan fingerprint density at radius 2 is 1.31 bits per heavy atom. The van der Waals surface area contributed by atoms with Gasteiger partial charge < -0.3 is 9.67 Å². The van der Waals surface area contributed by atoms with Crippen LogP contribution in [0, 0.1) is 0 Å². The largest absolute Gasteiger partial charge is 0.386 e. The molecule has 0 heterocycles. The second-order valence-electron chi connectivity index (χ2n) is 7.87. The summed E-state index contributed by atoms with van der Waals surface area (Å²) in [5.74, 6) is -2.27. The van der Waals surface area contributed by atoms with Gasteiger partial charge in [-0.1, -0.05) is 104 Å². The summed E-state index contributed by atoms with van der Waals surface area (Å²) in [6, 6.07) is 27.2. The Labute approximate surface area is 171 Å². The SMILES string of the molecule is O=P(c1ccccc1)(c1ccccc1)[C@@H](F)[C@]1(O)CCCC[C@H]1c1ccccc1. The molecule has 0 amide bonds. The quantitative estimate of drug-likeness (QED) is 0.575. The van der Waals surface area contributed by atoms with E-state index in [0.717, 1.165) is 18.4 Å². The van der Waals surface area contributed by atoms with Gasteiger partial charge in [0.25, 0.3) is 0 Å². The zero-order chi connectivity index (χ0) is 20.3. The second-order valence-corrected chi connectivity index (χ2v) is 10.7. The van der Waals surface area contributed by atoms with E-state index in [-0.39, 0.29) is 5.92 Å². The van der Waals surface area contributed by atoms with Gasteiger partial charge in [-0.25, -0.2) is 4.39 Å². The van der Waals surface area contributed by atoms with E-state index in [4.69, 9.17) is 0 Å². The minimum absolute atomic E-state index is 0.303. The predicted molar refractivity (Wildman–Crippen MR) is 117 cm³/mol. The minimum Gasteiger partial charge on any atom is -0.386 e. The standard InChI is InChI=1S/C25H26FO2P/c26-24(25(27)19-11-10-18-23(25)20-12-4-1-5-13-20)29(28,21-14-6-2-7-15-21)22-16-8-3-9-17-22/h1-9,12-17,23-24,27H,10-11,18-19H2/t23-,24+,25-/m0/s1. The van der Waals surface area contributed by atoms with Crippen LogP contribution in [0.5, 0.6) is 0 Å². The van der Waals surface area contributed by atoms with Gasteiger partial charge in [0.1, 0.15) is 5.60 Å². The van der Waals surface area contributed by atoms with Crippen molar-refractivity contribution in [3.63, 3.8) is 0 Å². The second kappa shape index (κ2) is 8.26. The van der Waals surface area contributed by atoms with Gasteiger partial charge in [0, 0.05) is 16.5 Å². The van der Waals surface area contributed by atoms with Crippen LogP contribution in [-0.2, 0) is 4.57 Å². The summed E-state index contributed by atoms with van der Waals surface area (Å²) in [6.07, 6.45) is 2.64. The molecule has 2 nitrogen and oxygen atoms in total. The highest BCUT2D eigenvalue weighted by Gasteiger charge is 2.55. The molecule has 1 aliphatic rings. The smallest absolute Gasteiger partial charge is 0.189 e. The average Bonchev–Trinajstić information content (AvgIpc) is 2.80. The van der Waals surface area contributed by atoms with E-state index in [1.807, 2.05) is 42.5 Å². The lowest BCUT2D eigenvalue weighted by atomic mass is 9.72. The van der Waals surface area contributed by atoms with Gasteiger partial charge in [-0.3, -0.25) is 0 Å². The molecule has 4 heteroatoms. The first-order valence-corrected chi connectivity index (χ1v) is 12.0. The predicted octanol–water partition coefficient (Wildman–Crippen LogP) is 5.39. The summed E-state index contributed by atoms with van der Waals surface area (Å²) in [5.41, 5.74) is -0.772. The highest BCUT2D eigenvalue weighted by atomic mass is 31.2. The lowest BCUT2D eigenvalue weighted by Gasteiger charge is -2.44. The summed E-state index contributed by atoms with van der Waals surface area (Å²) >= 11 is 0. The maximum absolute atomic E-state index is 16.5. The van der Waals surface area contributed by atoms with E-state index < -0.39 is 18.7 Å². The molecule has 1 N–H and O–H groups in total. The van der Waals surface area contributed by atoms with E-state index in [1.165, 1.54) is 0 Å². The third-order valence-electron chi connectivity index (χ3n) is 6.14. The summed E-state index contributed by atoms with van der Waals surface area (Å²) in [4.78, 5) is 0. The zero-order valence-electron chi connectivity index (χ0n) is 16.3. The molecular formula is C25H26FO2P. The van der Waals surface area contributed by atoms with Gasteiger partial charge in [0.05, 0.1) is 0 Å². The first-order valence-electron chi connectivity index (χ1n) is 10.2. The fourth-order valence-corrected chi connectivity index (χ4v) is 7.62. The molecule has 150 valence electrons. The van der Waals surface area contributed by atoms with Crippen molar-refractivity contribution >= 4 is 17.8 Å². The molecule has 0 saturated heterocycles. The fourth-order valence-electron chi connectivity index (χ4n) is 4.63. The van der Waals surface area contributed by atoms with Crippen LogP contribution in [-0.4, -0.2) is 16.6 Å². The molecule has 1 aliphatic carbocycles. The molecule has 4 rings (SSSR count). The molecule has 0 aromatic heterocycles. The van der Waals surface area contributed by atoms with E-state index in [1.54, 1.807) is 48.5 Å². The summed E-state index contributed by atoms with van der Waals surface area (Å²) < 4.78 is 31.0. The van der Waals surface area contributed by atoms with Gasteiger partial charge in [-0.2, -0.15) is 0 Å². The van der Waals surface area contributed by atoms with Crippen molar-refractivity contribution in [3.8, 4) is 0 Å². The van der Waals surface area contributed by atoms with E-state index >= 15 is 4.39 Å². The van der Waals surface area contributed by atoms with Gasteiger partial charge in [0.15, 0.2) is 13.1 Å².